The first-order valence-electron chi connectivity index (χ1n) is 9.69. The Bertz CT molecular complexity index is 862. The highest BCUT2D eigenvalue weighted by molar-refractivity contribution is 6.02. The van der Waals surface area contributed by atoms with Crippen molar-refractivity contribution < 1.29 is 0 Å². The Morgan fingerprint density at radius 2 is 1.56 bits per heavy atom. The van der Waals surface area contributed by atoms with Crippen LogP contribution in [0.15, 0.2) is 54.6 Å². The van der Waals surface area contributed by atoms with Gasteiger partial charge >= 0.3 is 0 Å². The molecule has 0 saturated carbocycles. The summed E-state index contributed by atoms with van der Waals surface area (Å²) in [4.78, 5) is 5.43. The molecular formula is C23H26N2. The zero-order valence-electron chi connectivity index (χ0n) is 15.0. The van der Waals surface area contributed by atoms with Crippen LogP contribution in [0.3, 0.4) is 0 Å². The molecule has 2 aliphatic rings. The van der Waals surface area contributed by atoms with Crippen LogP contribution in [-0.4, -0.2) is 41.5 Å². The molecular weight excluding hydrogens is 304 g/mol. The van der Waals surface area contributed by atoms with Gasteiger partial charge in [-0.2, -0.15) is 0 Å². The van der Waals surface area contributed by atoms with Gasteiger partial charge in [-0.1, -0.05) is 48.5 Å². The highest BCUT2D eigenvalue weighted by Gasteiger charge is 2.36. The number of benzene rings is 3. The summed E-state index contributed by atoms with van der Waals surface area (Å²) in [5.74, 6) is 0. The molecule has 2 fully saturated rings. The third kappa shape index (κ3) is 2.56. The maximum Gasteiger partial charge on any atom is 0.0250 e. The van der Waals surface area contributed by atoms with Crippen molar-refractivity contribution in [3.05, 3.63) is 60.2 Å². The maximum absolute atomic E-state index is 2.72. The largest absolute Gasteiger partial charge is 0.298 e. The second kappa shape index (κ2) is 6.12. The van der Waals surface area contributed by atoms with Gasteiger partial charge in [0.15, 0.2) is 0 Å². The first-order chi connectivity index (χ1) is 12.3. The molecule has 25 heavy (non-hydrogen) atoms. The lowest BCUT2D eigenvalue weighted by molar-refractivity contribution is 0.0476. The van der Waals surface area contributed by atoms with Gasteiger partial charge < -0.3 is 0 Å². The van der Waals surface area contributed by atoms with Crippen molar-refractivity contribution in [2.75, 3.05) is 19.6 Å². The Labute approximate surface area is 150 Å². The second-order valence-electron chi connectivity index (χ2n) is 7.75. The Kier molecular flexibility index (Phi) is 3.76. The lowest BCUT2D eigenvalue weighted by Crippen LogP contribution is -2.55. The average Bonchev–Trinajstić information content (AvgIpc) is 3.13. The number of piperazine rings is 1. The molecule has 0 unspecified atom stereocenters. The summed E-state index contributed by atoms with van der Waals surface area (Å²) >= 11 is 0. The van der Waals surface area contributed by atoms with E-state index in [-0.39, 0.29) is 0 Å². The molecule has 2 heterocycles. The van der Waals surface area contributed by atoms with Crippen LogP contribution in [0.25, 0.3) is 21.5 Å². The molecule has 2 nitrogen and oxygen atoms in total. The minimum Gasteiger partial charge on any atom is -0.298 e. The molecule has 2 heteroatoms. The summed E-state index contributed by atoms with van der Waals surface area (Å²) in [6, 6.07) is 21.5. The van der Waals surface area contributed by atoms with Gasteiger partial charge in [0.05, 0.1) is 0 Å². The summed E-state index contributed by atoms with van der Waals surface area (Å²) in [6.07, 6.45) is 2.74. The molecule has 0 radical (unpaired) electrons. The molecule has 0 aromatic heterocycles. The Hall–Kier alpha value is -1.90. The molecule has 0 aliphatic carbocycles. The van der Waals surface area contributed by atoms with Crippen LogP contribution in [0.1, 0.15) is 25.3 Å². The quantitative estimate of drug-likeness (QED) is 0.631. The highest BCUT2D eigenvalue weighted by Crippen LogP contribution is 2.32. The van der Waals surface area contributed by atoms with Gasteiger partial charge in [0.2, 0.25) is 0 Å². The Balaban J connectivity index is 1.59. The third-order valence-corrected chi connectivity index (χ3v) is 6.47. The van der Waals surface area contributed by atoms with Crippen LogP contribution in [-0.2, 0) is 6.54 Å². The second-order valence-corrected chi connectivity index (χ2v) is 7.75. The number of nitrogens with zero attached hydrogens (tertiary/aromatic N) is 2. The summed E-state index contributed by atoms with van der Waals surface area (Å²) in [5.41, 5.74) is 1.51. The molecule has 0 spiro atoms. The molecule has 5 rings (SSSR count). The van der Waals surface area contributed by atoms with E-state index in [2.05, 4.69) is 71.3 Å². The van der Waals surface area contributed by atoms with E-state index in [1.165, 1.54) is 59.6 Å². The zero-order valence-corrected chi connectivity index (χ0v) is 15.0. The molecule has 3 aromatic carbocycles. The van der Waals surface area contributed by atoms with Crippen LogP contribution in [0, 0.1) is 0 Å². The standard InChI is InChI=1S/C23H26N2/c1-17-23-11-6-12-24(23)13-14-25(17)16-22-20-9-4-2-7-18(20)15-19-8-3-5-10-21(19)22/h2-5,7-10,15,17,23H,6,11-14,16H2,1H3/t17-,23-/m1/s1. The Morgan fingerprint density at radius 3 is 2.28 bits per heavy atom. The first-order valence-corrected chi connectivity index (χ1v) is 9.69. The normalized spacial score (nSPS) is 24.8. The van der Waals surface area contributed by atoms with Crippen molar-refractivity contribution in [2.24, 2.45) is 0 Å². The van der Waals surface area contributed by atoms with E-state index in [9.17, 15) is 0 Å². The van der Waals surface area contributed by atoms with E-state index < -0.39 is 0 Å². The van der Waals surface area contributed by atoms with Crippen LogP contribution in [0.4, 0.5) is 0 Å². The molecule has 2 aliphatic heterocycles. The van der Waals surface area contributed by atoms with Gasteiger partial charge in [-0.05, 0) is 59.5 Å². The summed E-state index contributed by atoms with van der Waals surface area (Å²) in [7, 11) is 0. The first kappa shape index (κ1) is 15.4. The summed E-state index contributed by atoms with van der Waals surface area (Å²) < 4.78 is 0. The number of rotatable bonds is 2. The molecule has 2 saturated heterocycles. The van der Waals surface area contributed by atoms with E-state index in [0.29, 0.717) is 6.04 Å². The SMILES string of the molecule is C[C@@H]1[C@H]2CCCN2CCN1Cc1c2ccccc2cc2ccccc12. The lowest BCUT2D eigenvalue weighted by atomic mass is 9.95. The average molecular weight is 330 g/mol. The van der Waals surface area contributed by atoms with Crippen molar-refractivity contribution in [3.8, 4) is 0 Å². The van der Waals surface area contributed by atoms with Crippen molar-refractivity contribution >= 4 is 21.5 Å². The third-order valence-electron chi connectivity index (χ3n) is 6.47. The van der Waals surface area contributed by atoms with Crippen LogP contribution >= 0.6 is 0 Å². The van der Waals surface area contributed by atoms with Crippen molar-refractivity contribution in [1.82, 2.24) is 9.80 Å². The van der Waals surface area contributed by atoms with Crippen LogP contribution in [0.5, 0.6) is 0 Å². The van der Waals surface area contributed by atoms with Gasteiger partial charge in [0.1, 0.15) is 0 Å². The molecule has 0 bridgehead atoms. The van der Waals surface area contributed by atoms with Crippen molar-refractivity contribution in [3.63, 3.8) is 0 Å². The van der Waals surface area contributed by atoms with E-state index in [4.69, 9.17) is 0 Å². The van der Waals surface area contributed by atoms with Crippen molar-refractivity contribution in [1.29, 1.82) is 0 Å². The predicted molar refractivity (Wildman–Crippen MR) is 106 cm³/mol. The molecule has 0 N–H and O–H groups in total. The fourth-order valence-electron chi connectivity index (χ4n) is 5.08. The monoisotopic (exact) mass is 330 g/mol. The van der Waals surface area contributed by atoms with Gasteiger partial charge in [0.25, 0.3) is 0 Å². The number of hydrogen-bond acceptors (Lipinski definition) is 2. The number of hydrogen-bond donors (Lipinski definition) is 0. The predicted octanol–water partition coefficient (Wildman–Crippen LogP) is 4.66. The molecule has 128 valence electrons. The fraction of sp³-hybridized carbons (Fsp3) is 0.391. The summed E-state index contributed by atoms with van der Waals surface area (Å²) in [6.45, 7) is 7.23. The van der Waals surface area contributed by atoms with Gasteiger partial charge in [-0.25, -0.2) is 0 Å². The van der Waals surface area contributed by atoms with E-state index in [1.54, 1.807) is 0 Å². The minimum absolute atomic E-state index is 0.647. The van der Waals surface area contributed by atoms with Crippen LogP contribution in [0.2, 0.25) is 0 Å². The van der Waals surface area contributed by atoms with E-state index >= 15 is 0 Å². The van der Waals surface area contributed by atoms with Gasteiger partial charge in [-0.3, -0.25) is 9.80 Å². The summed E-state index contributed by atoms with van der Waals surface area (Å²) in [5, 5.41) is 5.57. The van der Waals surface area contributed by atoms with Crippen LogP contribution < -0.4 is 0 Å². The maximum atomic E-state index is 2.72. The molecule has 3 aromatic rings. The smallest absolute Gasteiger partial charge is 0.0250 e. The molecule has 2 atom stereocenters. The lowest BCUT2D eigenvalue weighted by Gasteiger charge is -2.43. The minimum atomic E-state index is 0.647. The topological polar surface area (TPSA) is 6.48 Å². The van der Waals surface area contributed by atoms with Gasteiger partial charge in [0, 0.05) is 31.7 Å². The van der Waals surface area contributed by atoms with E-state index in [1.807, 2.05) is 0 Å². The fourth-order valence-corrected chi connectivity index (χ4v) is 5.08. The van der Waals surface area contributed by atoms with E-state index in [0.717, 1.165) is 12.6 Å². The number of fused-ring (bicyclic) bond motifs is 3. The molecule has 0 amide bonds. The zero-order chi connectivity index (χ0) is 16.8. The Morgan fingerprint density at radius 1 is 0.880 bits per heavy atom. The van der Waals surface area contributed by atoms with Crippen molar-refractivity contribution in [2.45, 2.75) is 38.4 Å². The van der Waals surface area contributed by atoms with Gasteiger partial charge in [-0.15, -0.1) is 0 Å². The highest BCUT2D eigenvalue weighted by atomic mass is 15.3.